The van der Waals surface area contributed by atoms with Crippen LogP contribution < -0.4 is 0 Å². The number of rotatable bonds is 3. The van der Waals surface area contributed by atoms with Crippen molar-refractivity contribution < 1.29 is 0 Å². The van der Waals surface area contributed by atoms with Crippen LogP contribution in [0.1, 0.15) is 5.56 Å². The quantitative estimate of drug-likeness (QED) is 0.731. The van der Waals surface area contributed by atoms with E-state index in [2.05, 4.69) is 29.3 Å². The zero-order chi connectivity index (χ0) is 11.4. The minimum Gasteiger partial charge on any atom is -0.289 e. The Morgan fingerprint density at radius 1 is 1.31 bits per heavy atom. The molecule has 0 spiro atoms. The smallest absolute Gasteiger partial charge is 0.0866 e. The number of fused-ring (bicyclic) bond motifs is 1. The first-order valence-corrected chi connectivity index (χ1v) is 5.19. The van der Waals surface area contributed by atoms with Crippen molar-refractivity contribution >= 4 is 10.9 Å². The lowest BCUT2D eigenvalue weighted by molar-refractivity contribution is 0.368. The molecule has 1 heterocycles. The lowest BCUT2D eigenvalue weighted by Gasteiger charge is -2.13. The monoisotopic (exact) mass is 211 g/mol. The van der Waals surface area contributed by atoms with E-state index in [9.17, 15) is 0 Å². The zero-order valence-electron chi connectivity index (χ0n) is 9.22. The van der Waals surface area contributed by atoms with Gasteiger partial charge in [-0.25, -0.2) is 0 Å². The van der Waals surface area contributed by atoms with Crippen LogP contribution in [0.3, 0.4) is 0 Å². The van der Waals surface area contributed by atoms with Gasteiger partial charge in [0, 0.05) is 18.1 Å². The number of aromatic nitrogens is 1. The van der Waals surface area contributed by atoms with Crippen molar-refractivity contribution in [2.75, 3.05) is 13.6 Å². The van der Waals surface area contributed by atoms with Crippen LogP contribution in [-0.2, 0) is 6.54 Å². The molecule has 0 saturated heterocycles. The van der Waals surface area contributed by atoms with Crippen molar-refractivity contribution in [3.8, 4) is 6.07 Å². The Morgan fingerprint density at radius 2 is 2.12 bits per heavy atom. The maximum absolute atomic E-state index is 8.62. The number of para-hydroxylation sites is 1. The molecular weight excluding hydrogens is 198 g/mol. The molecule has 0 atom stereocenters. The third-order valence-electron chi connectivity index (χ3n) is 2.50. The van der Waals surface area contributed by atoms with Crippen LogP contribution in [0, 0.1) is 11.3 Å². The summed E-state index contributed by atoms with van der Waals surface area (Å²) in [6, 6.07) is 12.3. The van der Waals surface area contributed by atoms with E-state index < -0.39 is 0 Å². The summed E-state index contributed by atoms with van der Waals surface area (Å²) in [7, 11) is 1.94. The van der Waals surface area contributed by atoms with E-state index in [1.165, 1.54) is 0 Å². The minimum atomic E-state index is 0.434. The van der Waals surface area contributed by atoms with Crippen molar-refractivity contribution in [2.45, 2.75) is 6.54 Å². The van der Waals surface area contributed by atoms with E-state index in [1.54, 1.807) is 6.20 Å². The molecular formula is C13H13N3. The van der Waals surface area contributed by atoms with Gasteiger partial charge in [0.25, 0.3) is 0 Å². The maximum Gasteiger partial charge on any atom is 0.0866 e. The highest BCUT2D eigenvalue weighted by atomic mass is 15.1. The SMILES string of the molecule is CN(CC#N)Cc1cccc2cccnc12. The van der Waals surface area contributed by atoms with Gasteiger partial charge in [-0.15, -0.1) is 0 Å². The molecule has 1 aromatic heterocycles. The summed E-state index contributed by atoms with van der Waals surface area (Å²) in [6.45, 7) is 1.19. The largest absolute Gasteiger partial charge is 0.289 e. The molecule has 0 aliphatic carbocycles. The summed E-state index contributed by atoms with van der Waals surface area (Å²) in [5.74, 6) is 0. The van der Waals surface area contributed by atoms with Crippen LogP contribution in [0.25, 0.3) is 10.9 Å². The molecule has 80 valence electrons. The van der Waals surface area contributed by atoms with Crippen molar-refractivity contribution in [1.29, 1.82) is 5.26 Å². The standard InChI is InChI=1S/C13H13N3/c1-16(9-7-14)10-12-5-2-4-11-6-3-8-15-13(11)12/h2-6,8H,9-10H2,1H3. The van der Waals surface area contributed by atoms with Crippen LogP contribution in [0.4, 0.5) is 0 Å². The van der Waals surface area contributed by atoms with Crippen molar-refractivity contribution in [3.05, 3.63) is 42.1 Å². The van der Waals surface area contributed by atoms with Crippen molar-refractivity contribution in [3.63, 3.8) is 0 Å². The minimum absolute atomic E-state index is 0.434. The lowest BCUT2D eigenvalue weighted by atomic mass is 10.1. The van der Waals surface area contributed by atoms with Crippen LogP contribution >= 0.6 is 0 Å². The molecule has 0 fully saturated rings. The molecule has 0 aliphatic heterocycles. The second-order valence-electron chi connectivity index (χ2n) is 3.82. The number of hydrogen-bond donors (Lipinski definition) is 0. The van der Waals surface area contributed by atoms with E-state index in [0.717, 1.165) is 23.0 Å². The molecule has 2 aromatic rings. The van der Waals surface area contributed by atoms with Crippen LogP contribution in [0.5, 0.6) is 0 Å². The van der Waals surface area contributed by atoms with Crippen molar-refractivity contribution in [1.82, 2.24) is 9.88 Å². The Bertz CT molecular complexity index is 523. The zero-order valence-corrected chi connectivity index (χ0v) is 9.22. The number of nitrogens with zero attached hydrogens (tertiary/aromatic N) is 3. The first kappa shape index (κ1) is 10.6. The Kier molecular flexibility index (Phi) is 3.13. The van der Waals surface area contributed by atoms with Crippen LogP contribution in [-0.4, -0.2) is 23.5 Å². The summed E-state index contributed by atoms with van der Waals surface area (Å²) >= 11 is 0. The predicted octanol–water partition coefficient (Wildman–Crippen LogP) is 2.19. The van der Waals surface area contributed by atoms with E-state index in [1.807, 2.05) is 24.1 Å². The van der Waals surface area contributed by atoms with Gasteiger partial charge in [0.15, 0.2) is 0 Å². The molecule has 0 amide bonds. The summed E-state index contributed by atoms with van der Waals surface area (Å²) in [5, 5.41) is 9.76. The second-order valence-corrected chi connectivity index (χ2v) is 3.82. The van der Waals surface area contributed by atoms with E-state index >= 15 is 0 Å². The van der Waals surface area contributed by atoms with Crippen molar-refractivity contribution in [2.24, 2.45) is 0 Å². The van der Waals surface area contributed by atoms with Gasteiger partial charge in [-0.1, -0.05) is 24.3 Å². The number of hydrogen-bond acceptors (Lipinski definition) is 3. The van der Waals surface area contributed by atoms with Gasteiger partial charge in [-0.05, 0) is 18.7 Å². The van der Waals surface area contributed by atoms with E-state index in [4.69, 9.17) is 5.26 Å². The third-order valence-corrected chi connectivity index (χ3v) is 2.50. The van der Waals surface area contributed by atoms with Gasteiger partial charge in [-0.2, -0.15) is 5.26 Å². The highest BCUT2D eigenvalue weighted by Crippen LogP contribution is 2.16. The maximum atomic E-state index is 8.62. The van der Waals surface area contributed by atoms with Gasteiger partial charge in [0.05, 0.1) is 18.1 Å². The number of nitriles is 1. The van der Waals surface area contributed by atoms with Crippen LogP contribution in [0.2, 0.25) is 0 Å². The predicted molar refractivity (Wildman–Crippen MR) is 63.7 cm³/mol. The highest BCUT2D eigenvalue weighted by Gasteiger charge is 2.04. The molecule has 0 radical (unpaired) electrons. The lowest BCUT2D eigenvalue weighted by Crippen LogP contribution is -2.18. The van der Waals surface area contributed by atoms with Crippen LogP contribution in [0.15, 0.2) is 36.5 Å². The average Bonchev–Trinajstić information content (AvgIpc) is 2.30. The summed E-state index contributed by atoms with van der Waals surface area (Å²) in [6.07, 6.45) is 1.80. The molecule has 0 bridgehead atoms. The molecule has 0 aliphatic rings. The Balaban J connectivity index is 2.34. The first-order chi connectivity index (χ1) is 7.81. The fraction of sp³-hybridized carbons (Fsp3) is 0.231. The Labute approximate surface area is 94.9 Å². The Morgan fingerprint density at radius 3 is 2.94 bits per heavy atom. The molecule has 2 rings (SSSR count). The molecule has 3 nitrogen and oxygen atoms in total. The van der Waals surface area contributed by atoms with E-state index in [0.29, 0.717) is 6.54 Å². The van der Waals surface area contributed by atoms with Gasteiger partial charge in [0.1, 0.15) is 0 Å². The first-order valence-electron chi connectivity index (χ1n) is 5.19. The topological polar surface area (TPSA) is 39.9 Å². The molecule has 1 aromatic carbocycles. The molecule has 0 N–H and O–H groups in total. The van der Waals surface area contributed by atoms with Gasteiger partial charge in [0.2, 0.25) is 0 Å². The highest BCUT2D eigenvalue weighted by molar-refractivity contribution is 5.81. The van der Waals surface area contributed by atoms with Gasteiger partial charge >= 0.3 is 0 Å². The molecule has 3 heteroatoms. The van der Waals surface area contributed by atoms with Gasteiger partial charge in [-0.3, -0.25) is 9.88 Å². The number of benzene rings is 1. The van der Waals surface area contributed by atoms with Gasteiger partial charge < -0.3 is 0 Å². The molecule has 0 unspecified atom stereocenters. The molecule has 0 saturated carbocycles. The molecule has 16 heavy (non-hydrogen) atoms. The Hall–Kier alpha value is -1.92. The summed E-state index contributed by atoms with van der Waals surface area (Å²) < 4.78 is 0. The van der Waals surface area contributed by atoms with E-state index in [-0.39, 0.29) is 0 Å². The third kappa shape index (κ3) is 2.18. The summed E-state index contributed by atoms with van der Waals surface area (Å²) in [4.78, 5) is 6.36. The fourth-order valence-corrected chi connectivity index (χ4v) is 1.76. The normalized spacial score (nSPS) is 10.6. The fourth-order valence-electron chi connectivity index (χ4n) is 1.76. The number of pyridine rings is 1. The summed E-state index contributed by atoms with van der Waals surface area (Å²) in [5.41, 5.74) is 2.19. The average molecular weight is 211 g/mol. The second kappa shape index (κ2) is 4.73.